The Morgan fingerprint density at radius 2 is 2.06 bits per heavy atom. The van der Waals surface area contributed by atoms with Crippen molar-refractivity contribution in [2.24, 2.45) is 0 Å². The van der Waals surface area contributed by atoms with Gasteiger partial charge in [0.05, 0.1) is 6.54 Å². The molecule has 88 valence electrons. The van der Waals surface area contributed by atoms with Crippen LogP contribution in [0.15, 0.2) is 41.3 Å². The molecule has 2 aromatic rings. The molecule has 0 bridgehead atoms. The van der Waals surface area contributed by atoms with E-state index < -0.39 is 0 Å². The van der Waals surface area contributed by atoms with Gasteiger partial charge in [-0.15, -0.1) is 0 Å². The van der Waals surface area contributed by atoms with Gasteiger partial charge in [-0.25, -0.2) is 4.39 Å². The third kappa shape index (κ3) is 2.94. The second kappa shape index (κ2) is 5.00. The number of nitrogens with zero attached hydrogens (tertiary/aromatic N) is 1. The van der Waals surface area contributed by atoms with Crippen molar-refractivity contribution in [1.29, 1.82) is 0 Å². The maximum atomic E-state index is 13.0. The minimum Gasteiger partial charge on any atom is -0.310 e. The fourth-order valence-electron chi connectivity index (χ4n) is 1.65. The van der Waals surface area contributed by atoms with E-state index in [4.69, 9.17) is 0 Å². The van der Waals surface area contributed by atoms with Gasteiger partial charge in [-0.3, -0.25) is 4.79 Å². The largest absolute Gasteiger partial charge is 0.310 e. The zero-order valence-corrected chi connectivity index (χ0v) is 11.4. The molecule has 0 saturated heterocycles. The van der Waals surface area contributed by atoms with E-state index in [0.29, 0.717) is 6.54 Å². The summed E-state index contributed by atoms with van der Waals surface area (Å²) in [7, 11) is 0. The van der Waals surface area contributed by atoms with Crippen LogP contribution in [0.25, 0.3) is 0 Å². The number of benzene rings is 1. The molecule has 1 aromatic heterocycles. The van der Waals surface area contributed by atoms with Gasteiger partial charge in [0.2, 0.25) is 0 Å². The first kappa shape index (κ1) is 12.3. The SMILES string of the molecule is Cc1cc(F)ccc1Cn1cc(I)ccc1=O. The minimum atomic E-state index is -0.249. The molecule has 0 N–H and O–H groups in total. The van der Waals surface area contributed by atoms with Crippen molar-refractivity contribution in [1.82, 2.24) is 4.57 Å². The number of hydrogen-bond donors (Lipinski definition) is 0. The summed E-state index contributed by atoms with van der Waals surface area (Å²) in [6.45, 7) is 2.32. The molecule has 17 heavy (non-hydrogen) atoms. The van der Waals surface area contributed by atoms with E-state index in [1.54, 1.807) is 29.0 Å². The van der Waals surface area contributed by atoms with E-state index in [1.807, 2.05) is 6.92 Å². The van der Waals surface area contributed by atoms with Crippen LogP contribution < -0.4 is 5.56 Å². The fourth-order valence-corrected chi connectivity index (χ4v) is 2.16. The Labute approximate surface area is 112 Å². The molecule has 0 unspecified atom stereocenters. The first-order valence-electron chi connectivity index (χ1n) is 5.17. The molecule has 2 nitrogen and oxygen atoms in total. The van der Waals surface area contributed by atoms with Crippen molar-refractivity contribution in [2.75, 3.05) is 0 Å². The van der Waals surface area contributed by atoms with Crippen LogP contribution >= 0.6 is 22.6 Å². The van der Waals surface area contributed by atoms with Crippen molar-refractivity contribution in [3.05, 3.63) is 67.4 Å². The highest BCUT2D eigenvalue weighted by atomic mass is 127. The number of rotatable bonds is 2. The summed E-state index contributed by atoms with van der Waals surface area (Å²) >= 11 is 2.16. The molecule has 1 aromatic carbocycles. The van der Waals surface area contributed by atoms with Crippen molar-refractivity contribution in [3.8, 4) is 0 Å². The number of aromatic nitrogens is 1. The Balaban J connectivity index is 2.38. The van der Waals surface area contributed by atoms with Crippen molar-refractivity contribution in [3.63, 3.8) is 0 Å². The Kier molecular flexibility index (Phi) is 3.61. The van der Waals surface area contributed by atoms with Crippen molar-refractivity contribution >= 4 is 22.6 Å². The standard InChI is InChI=1S/C13H11FINO/c1-9-6-11(14)3-2-10(9)7-16-8-12(15)4-5-13(16)17/h2-6,8H,7H2,1H3. The highest BCUT2D eigenvalue weighted by Crippen LogP contribution is 2.11. The van der Waals surface area contributed by atoms with Crippen LogP contribution in [0.5, 0.6) is 0 Å². The average Bonchev–Trinajstić information content (AvgIpc) is 2.27. The van der Waals surface area contributed by atoms with Crippen LogP contribution in [-0.4, -0.2) is 4.57 Å². The lowest BCUT2D eigenvalue weighted by Gasteiger charge is -2.09. The van der Waals surface area contributed by atoms with E-state index in [9.17, 15) is 9.18 Å². The summed E-state index contributed by atoms with van der Waals surface area (Å²) < 4.78 is 15.6. The molecule has 1 heterocycles. The molecule has 0 aliphatic rings. The van der Waals surface area contributed by atoms with Crippen LogP contribution in [0, 0.1) is 16.3 Å². The van der Waals surface area contributed by atoms with Gasteiger partial charge in [0, 0.05) is 15.8 Å². The zero-order valence-electron chi connectivity index (χ0n) is 9.28. The predicted octanol–water partition coefficient (Wildman–Crippen LogP) is 2.95. The minimum absolute atomic E-state index is 0.0471. The smallest absolute Gasteiger partial charge is 0.250 e. The molecule has 0 aliphatic heterocycles. The van der Waals surface area contributed by atoms with E-state index in [0.717, 1.165) is 14.7 Å². The van der Waals surface area contributed by atoms with Gasteiger partial charge in [-0.05, 0) is 58.8 Å². The lowest BCUT2D eigenvalue weighted by Crippen LogP contribution is -2.19. The Morgan fingerprint density at radius 1 is 1.29 bits per heavy atom. The third-order valence-electron chi connectivity index (χ3n) is 2.59. The summed E-state index contributed by atoms with van der Waals surface area (Å²) in [5, 5.41) is 0. The lowest BCUT2D eigenvalue weighted by atomic mass is 10.1. The van der Waals surface area contributed by atoms with E-state index in [1.165, 1.54) is 12.1 Å². The maximum Gasteiger partial charge on any atom is 0.250 e. The van der Waals surface area contributed by atoms with Crippen molar-refractivity contribution in [2.45, 2.75) is 13.5 Å². The Hall–Kier alpha value is -1.17. The zero-order chi connectivity index (χ0) is 12.4. The van der Waals surface area contributed by atoms with Gasteiger partial charge in [0.1, 0.15) is 5.82 Å². The van der Waals surface area contributed by atoms with Crippen LogP contribution in [0.1, 0.15) is 11.1 Å². The quantitative estimate of drug-likeness (QED) is 0.769. The average molecular weight is 343 g/mol. The second-order valence-corrected chi connectivity index (χ2v) is 5.13. The van der Waals surface area contributed by atoms with E-state index >= 15 is 0 Å². The Bertz CT molecular complexity index is 607. The summed E-state index contributed by atoms with van der Waals surface area (Å²) in [5.41, 5.74) is 1.76. The van der Waals surface area contributed by atoms with Gasteiger partial charge < -0.3 is 4.57 Å². The lowest BCUT2D eigenvalue weighted by molar-refractivity contribution is 0.624. The second-order valence-electron chi connectivity index (χ2n) is 3.88. The van der Waals surface area contributed by atoms with Gasteiger partial charge in [-0.1, -0.05) is 6.07 Å². The molecule has 4 heteroatoms. The summed E-state index contributed by atoms with van der Waals surface area (Å²) in [6, 6.07) is 7.93. The van der Waals surface area contributed by atoms with Crippen LogP contribution in [0.2, 0.25) is 0 Å². The molecule has 0 radical (unpaired) electrons. The molecule has 0 saturated carbocycles. The third-order valence-corrected chi connectivity index (χ3v) is 3.23. The molecular weight excluding hydrogens is 332 g/mol. The van der Waals surface area contributed by atoms with Gasteiger partial charge in [-0.2, -0.15) is 0 Å². The van der Waals surface area contributed by atoms with E-state index in [2.05, 4.69) is 22.6 Å². The topological polar surface area (TPSA) is 22.0 Å². The molecule has 0 atom stereocenters. The Morgan fingerprint density at radius 3 is 2.76 bits per heavy atom. The first-order chi connectivity index (χ1) is 8.06. The highest BCUT2D eigenvalue weighted by molar-refractivity contribution is 14.1. The summed E-state index contributed by atoms with van der Waals surface area (Å²) in [4.78, 5) is 11.6. The molecule has 0 amide bonds. The fraction of sp³-hybridized carbons (Fsp3) is 0.154. The number of aryl methyl sites for hydroxylation is 1. The van der Waals surface area contributed by atoms with Crippen LogP contribution in [0.4, 0.5) is 4.39 Å². The summed E-state index contributed by atoms with van der Waals surface area (Å²) in [5.74, 6) is -0.249. The molecular formula is C13H11FINO. The number of hydrogen-bond acceptors (Lipinski definition) is 1. The van der Waals surface area contributed by atoms with Gasteiger partial charge >= 0.3 is 0 Å². The van der Waals surface area contributed by atoms with Crippen LogP contribution in [-0.2, 0) is 6.54 Å². The highest BCUT2D eigenvalue weighted by Gasteiger charge is 2.03. The van der Waals surface area contributed by atoms with Gasteiger partial charge in [0.15, 0.2) is 0 Å². The maximum absolute atomic E-state index is 13.0. The monoisotopic (exact) mass is 343 g/mol. The number of halogens is 2. The predicted molar refractivity (Wildman–Crippen MR) is 73.7 cm³/mol. The molecule has 0 fully saturated rings. The van der Waals surface area contributed by atoms with Crippen LogP contribution in [0.3, 0.4) is 0 Å². The van der Waals surface area contributed by atoms with E-state index in [-0.39, 0.29) is 11.4 Å². The molecule has 0 spiro atoms. The first-order valence-corrected chi connectivity index (χ1v) is 6.25. The normalized spacial score (nSPS) is 10.5. The molecule has 2 rings (SSSR count). The number of pyridine rings is 1. The van der Waals surface area contributed by atoms with Crippen molar-refractivity contribution < 1.29 is 4.39 Å². The van der Waals surface area contributed by atoms with Gasteiger partial charge in [0.25, 0.3) is 5.56 Å². The summed E-state index contributed by atoms with van der Waals surface area (Å²) in [6.07, 6.45) is 1.80. The molecule has 0 aliphatic carbocycles.